The number of nitrogens with one attached hydrogen (secondary N) is 1. The van der Waals surface area contributed by atoms with Crippen LogP contribution in [0.25, 0.3) is 0 Å². The molecule has 1 saturated heterocycles. The molecule has 2 aromatic rings. The first-order valence-corrected chi connectivity index (χ1v) is 10.5. The standard InChI is InChI=1S/C21H25BrN4O2/c1-23-20(24-15-21(8-9-21)16-5-2-3-6-17(16)22)26-12-10-25(11-13-26)19(27)18-7-4-14-28-18/h2-7,14H,8-13,15H2,1H3,(H,23,24). The highest BCUT2D eigenvalue weighted by atomic mass is 79.9. The van der Waals surface area contributed by atoms with Gasteiger partial charge in [0.1, 0.15) is 0 Å². The molecule has 1 saturated carbocycles. The van der Waals surface area contributed by atoms with Gasteiger partial charge in [-0.25, -0.2) is 0 Å². The van der Waals surface area contributed by atoms with Crippen LogP contribution in [0.4, 0.5) is 0 Å². The van der Waals surface area contributed by atoms with Gasteiger partial charge in [0.25, 0.3) is 5.91 Å². The van der Waals surface area contributed by atoms with Crippen molar-refractivity contribution in [1.82, 2.24) is 15.1 Å². The number of piperazine rings is 1. The average molecular weight is 445 g/mol. The van der Waals surface area contributed by atoms with Crippen molar-refractivity contribution in [2.45, 2.75) is 18.3 Å². The van der Waals surface area contributed by atoms with Crippen molar-refractivity contribution in [3.05, 3.63) is 58.5 Å². The van der Waals surface area contributed by atoms with E-state index in [4.69, 9.17) is 4.42 Å². The Balaban J connectivity index is 1.33. The second kappa shape index (κ2) is 7.99. The van der Waals surface area contributed by atoms with Crippen molar-refractivity contribution in [3.63, 3.8) is 0 Å². The summed E-state index contributed by atoms with van der Waals surface area (Å²) in [6.45, 7) is 3.71. The van der Waals surface area contributed by atoms with Crippen molar-refractivity contribution < 1.29 is 9.21 Å². The molecule has 2 heterocycles. The van der Waals surface area contributed by atoms with E-state index < -0.39 is 0 Å². The molecule has 0 unspecified atom stereocenters. The van der Waals surface area contributed by atoms with Gasteiger partial charge in [-0.1, -0.05) is 34.1 Å². The first-order valence-electron chi connectivity index (χ1n) is 9.66. The van der Waals surface area contributed by atoms with Gasteiger partial charge in [-0.3, -0.25) is 9.79 Å². The zero-order chi connectivity index (χ0) is 19.6. The Morgan fingerprint density at radius 3 is 2.46 bits per heavy atom. The molecule has 1 aromatic heterocycles. The number of furan rings is 1. The largest absolute Gasteiger partial charge is 0.459 e. The monoisotopic (exact) mass is 444 g/mol. The van der Waals surface area contributed by atoms with Gasteiger partial charge in [-0.15, -0.1) is 0 Å². The topological polar surface area (TPSA) is 61.1 Å². The number of nitrogens with zero attached hydrogens (tertiary/aromatic N) is 3. The average Bonchev–Trinajstić information content (AvgIpc) is 3.30. The molecule has 28 heavy (non-hydrogen) atoms. The predicted molar refractivity (Wildman–Crippen MR) is 113 cm³/mol. The van der Waals surface area contributed by atoms with E-state index in [1.807, 2.05) is 11.9 Å². The van der Waals surface area contributed by atoms with Crippen molar-refractivity contribution >= 4 is 27.8 Å². The lowest BCUT2D eigenvalue weighted by Crippen LogP contribution is -2.54. The molecule has 0 atom stereocenters. The van der Waals surface area contributed by atoms with Crippen LogP contribution in [0.1, 0.15) is 29.0 Å². The van der Waals surface area contributed by atoms with E-state index in [-0.39, 0.29) is 11.3 Å². The molecule has 2 fully saturated rings. The van der Waals surface area contributed by atoms with Crippen LogP contribution in [0.3, 0.4) is 0 Å². The van der Waals surface area contributed by atoms with Gasteiger partial charge in [-0.2, -0.15) is 0 Å². The van der Waals surface area contributed by atoms with Crippen molar-refractivity contribution in [3.8, 4) is 0 Å². The number of guanidine groups is 1. The van der Waals surface area contributed by atoms with Crippen LogP contribution in [0, 0.1) is 0 Å². The molecule has 1 aliphatic heterocycles. The summed E-state index contributed by atoms with van der Waals surface area (Å²) in [6, 6.07) is 11.9. The Morgan fingerprint density at radius 1 is 1.14 bits per heavy atom. The summed E-state index contributed by atoms with van der Waals surface area (Å²) >= 11 is 3.70. The van der Waals surface area contributed by atoms with Crippen molar-refractivity contribution in [2.24, 2.45) is 4.99 Å². The molecule has 148 valence electrons. The fraction of sp³-hybridized carbons (Fsp3) is 0.429. The SMILES string of the molecule is CN=C(NCC1(c2ccccc2Br)CC1)N1CCN(C(=O)c2ccco2)CC1. The highest BCUT2D eigenvalue weighted by Crippen LogP contribution is 2.49. The number of hydrogen-bond donors (Lipinski definition) is 1. The number of amides is 1. The van der Waals surface area contributed by atoms with E-state index >= 15 is 0 Å². The first-order chi connectivity index (χ1) is 13.6. The molecule has 0 spiro atoms. The minimum Gasteiger partial charge on any atom is -0.459 e. The molecule has 7 heteroatoms. The molecule has 4 rings (SSSR count). The molecule has 0 bridgehead atoms. The summed E-state index contributed by atoms with van der Waals surface area (Å²) in [5.41, 5.74) is 1.56. The fourth-order valence-corrected chi connectivity index (χ4v) is 4.55. The van der Waals surface area contributed by atoms with Gasteiger partial charge < -0.3 is 19.5 Å². The fourth-order valence-electron chi connectivity index (χ4n) is 3.84. The number of rotatable bonds is 4. The predicted octanol–water partition coefficient (Wildman–Crippen LogP) is 3.11. The third kappa shape index (κ3) is 3.81. The minimum atomic E-state index is -0.0431. The summed E-state index contributed by atoms with van der Waals surface area (Å²) in [5.74, 6) is 1.27. The highest BCUT2D eigenvalue weighted by Gasteiger charge is 2.45. The van der Waals surface area contributed by atoms with E-state index in [0.717, 1.165) is 25.6 Å². The van der Waals surface area contributed by atoms with Crippen LogP contribution in [0.5, 0.6) is 0 Å². The Hall–Kier alpha value is -2.28. The van der Waals surface area contributed by atoms with Crippen LogP contribution in [0.15, 0.2) is 56.5 Å². The van der Waals surface area contributed by atoms with Gasteiger partial charge in [0, 0.05) is 49.7 Å². The number of carbonyl (C=O) groups excluding carboxylic acids is 1. The molecule has 6 nitrogen and oxygen atoms in total. The van der Waals surface area contributed by atoms with Gasteiger partial charge in [0.05, 0.1) is 6.26 Å². The molecular formula is C21H25BrN4O2. The van der Waals surface area contributed by atoms with Gasteiger partial charge >= 0.3 is 0 Å². The quantitative estimate of drug-likeness (QED) is 0.581. The summed E-state index contributed by atoms with van der Waals surface area (Å²) in [6.07, 6.45) is 3.91. The highest BCUT2D eigenvalue weighted by molar-refractivity contribution is 9.10. The molecule has 1 aliphatic carbocycles. The molecular weight excluding hydrogens is 420 g/mol. The summed E-state index contributed by atoms with van der Waals surface area (Å²) in [5, 5.41) is 3.57. The maximum Gasteiger partial charge on any atom is 0.289 e. The number of halogens is 1. The van der Waals surface area contributed by atoms with Crippen LogP contribution >= 0.6 is 15.9 Å². The number of benzene rings is 1. The van der Waals surface area contributed by atoms with Crippen molar-refractivity contribution in [1.29, 1.82) is 0 Å². The maximum absolute atomic E-state index is 12.4. The number of carbonyl (C=O) groups is 1. The number of aliphatic imine (C=N–C) groups is 1. The molecule has 0 radical (unpaired) electrons. The van der Waals surface area contributed by atoms with Gasteiger partial charge in [0.2, 0.25) is 0 Å². The van der Waals surface area contributed by atoms with Crippen molar-refractivity contribution in [2.75, 3.05) is 39.8 Å². The van der Waals surface area contributed by atoms with Gasteiger partial charge in [0.15, 0.2) is 11.7 Å². The normalized spacial score (nSPS) is 18.9. The molecule has 2 aliphatic rings. The summed E-state index contributed by atoms with van der Waals surface area (Å²) in [7, 11) is 1.82. The maximum atomic E-state index is 12.4. The lowest BCUT2D eigenvalue weighted by molar-refractivity contribution is 0.0657. The van der Waals surface area contributed by atoms with E-state index in [2.05, 4.69) is 55.4 Å². The Morgan fingerprint density at radius 2 is 1.86 bits per heavy atom. The summed E-state index contributed by atoms with van der Waals surface area (Å²) in [4.78, 5) is 21.0. The molecule has 1 aromatic carbocycles. The lowest BCUT2D eigenvalue weighted by Gasteiger charge is -2.36. The zero-order valence-electron chi connectivity index (χ0n) is 16.0. The minimum absolute atomic E-state index is 0.0431. The molecule has 1 N–H and O–H groups in total. The second-order valence-corrected chi connectivity index (χ2v) is 8.27. The van der Waals surface area contributed by atoms with E-state index in [1.54, 1.807) is 12.1 Å². The van der Waals surface area contributed by atoms with Crippen LogP contribution in [0.2, 0.25) is 0 Å². The molecule has 1 amide bonds. The third-order valence-corrected chi connectivity index (χ3v) is 6.39. The van der Waals surface area contributed by atoms with E-state index in [9.17, 15) is 4.79 Å². The third-order valence-electron chi connectivity index (χ3n) is 5.69. The van der Waals surface area contributed by atoms with Crippen LogP contribution in [-0.4, -0.2) is 61.4 Å². The summed E-state index contributed by atoms with van der Waals surface area (Å²) < 4.78 is 6.41. The zero-order valence-corrected chi connectivity index (χ0v) is 17.6. The van der Waals surface area contributed by atoms with E-state index in [0.29, 0.717) is 18.8 Å². The number of hydrogen-bond acceptors (Lipinski definition) is 3. The first kappa shape index (κ1) is 19.1. The Bertz CT molecular complexity index is 853. The second-order valence-electron chi connectivity index (χ2n) is 7.42. The van der Waals surface area contributed by atoms with Gasteiger partial charge in [-0.05, 0) is 36.6 Å². The van der Waals surface area contributed by atoms with E-state index in [1.165, 1.54) is 29.1 Å². The lowest BCUT2D eigenvalue weighted by atomic mass is 9.96. The van der Waals surface area contributed by atoms with Crippen LogP contribution in [-0.2, 0) is 5.41 Å². The Kier molecular flexibility index (Phi) is 5.44. The Labute approximate surface area is 173 Å². The van der Waals surface area contributed by atoms with Crippen LogP contribution < -0.4 is 5.32 Å². The smallest absolute Gasteiger partial charge is 0.289 e.